The first-order valence-electron chi connectivity index (χ1n) is 5.11. The molecule has 0 amide bonds. The highest BCUT2D eigenvalue weighted by Gasteiger charge is 2.10. The molecule has 2 rings (SSSR count). The molecule has 0 radical (unpaired) electrons. The Morgan fingerprint density at radius 3 is 2.83 bits per heavy atom. The molecule has 1 aromatic heterocycles. The summed E-state index contributed by atoms with van der Waals surface area (Å²) >= 11 is 0. The summed E-state index contributed by atoms with van der Waals surface area (Å²) in [5.41, 5.74) is -0.342. The van der Waals surface area contributed by atoms with Gasteiger partial charge in [-0.3, -0.25) is 4.57 Å². The number of carboxylic acid groups (broad SMARTS) is 1. The molecule has 1 N–H and O–H groups in total. The number of aromatic carboxylic acids is 1. The van der Waals surface area contributed by atoms with Crippen LogP contribution in [0.5, 0.6) is 0 Å². The van der Waals surface area contributed by atoms with Gasteiger partial charge in [0.15, 0.2) is 0 Å². The molecule has 6 heteroatoms. The molecule has 92 valence electrons. The van der Waals surface area contributed by atoms with Crippen LogP contribution in [0.1, 0.15) is 15.9 Å². The third-order valence-electron chi connectivity index (χ3n) is 2.40. The average Bonchev–Trinajstić information content (AvgIpc) is 2.32. The maximum absolute atomic E-state index is 13.4. The minimum Gasteiger partial charge on any atom is -0.478 e. The van der Waals surface area contributed by atoms with Gasteiger partial charge >= 0.3 is 11.7 Å². The van der Waals surface area contributed by atoms with Crippen molar-refractivity contribution in [1.82, 2.24) is 9.55 Å². The summed E-state index contributed by atoms with van der Waals surface area (Å²) in [6.07, 6.45) is 2.89. The summed E-state index contributed by atoms with van der Waals surface area (Å²) < 4.78 is 14.7. The molecule has 0 bridgehead atoms. The van der Waals surface area contributed by atoms with E-state index < -0.39 is 23.0 Å². The molecular formula is C12H9FN2O3. The Hall–Kier alpha value is -2.50. The molecule has 0 aliphatic heterocycles. The largest absolute Gasteiger partial charge is 0.478 e. The van der Waals surface area contributed by atoms with Crippen molar-refractivity contribution in [2.24, 2.45) is 0 Å². The maximum atomic E-state index is 13.4. The van der Waals surface area contributed by atoms with Gasteiger partial charge in [-0.15, -0.1) is 0 Å². The van der Waals surface area contributed by atoms with Crippen molar-refractivity contribution in [1.29, 1.82) is 0 Å². The van der Waals surface area contributed by atoms with Crippen LogP contribution in [0.2, 0.25) is 0 Å². The van der Waals surface area contributed by atoms with Gasteiger partial charge < -0.3 is 5.11 Å². The van der Waals surface area contributed by atoms with E-state index in [-0.39, 0.29) is 6.54 Å². The summed E-state index contributed by atoms with van der Waals surface area (Å²) in [7, 11) is 0. The van der Waals surface area contributed by atoms with Crippen molar-refractivity contribution >= 4 is 5.97 Å². The van der Waals surface area contributed by atoms with Crippen LogP contribution < -0.4 is 5.69 Å². The monoisotopic (exact) mass is 248 g/mol. The number of rotatable bonds is 3. The molecule has 0 saturated carbocycles. The van der Waals surface area contributed by atoms with Gasteiger partial charge in [-0.2, -0.15) is 0 Å². The van der Waals surface area contributed by atoms with Crippen LogP contribution in [-0.4, -0.2) is 20.6 Å². The molecular weight excluding hydrogens is 239 g/mol. The van der Waals surface area contributed by atoms with Crippen LogP contribution in [0.4, 0.5) is 4.39 Å². The van der Waals surface area contributed by atoms with E-state index in [0.717, 1.165) is 6.07 Å². The zero-order valence-corrected chi connectivity index (χ0v) is 9.21. The van der Waals surface area contributed by atoms with Crippen LogP contribution in [0.3, 0.4) is 0 Å². The van der Waals surface area contributed by atoms with Crippen molar-refractivity contribution in [3.8, 4) is 0 Å². The lowest BCUT2D eigenvalue weighted by Crippen LogP contribution is -2.22. The topological polar surface area (TPSA) is 72.2 Å². The Kier molecular flexibility index (Phi) is 3.18. The number of hydrogen-bond donors (Lipinski definition) is 1. The summed E-state index contributed by atoms with van der Waals surface area (Å²) in [6, 6.07) is 5.33. The Morgan fingerprint density at radius 2 is 2.22 bits per heavy atom. The van der Waals surface area contributed by atoms with Crippen molar-refractivity contribution in [2.75, 3.05) is 0 Å². The van der Waals surface area contributed by atoms with Crippen LogP contribution >= 0.6 is 0 Å². The SMILES string of the molecule is O=C(O)c1ccc(Cn2cccnc2=O)cc1F. The molecule has 1 heterocycles. The van der Waals surface area contributed by atoms with Crippen molar-refractivity contribution in [2.45, 2.75) is 6.54 Å². The number of aromatic nitrogens is 2. The molecule has 18 heavy (non-hydrogen) atoms. The summed E-state index contributed by atoms with van der Waals surface area (Å²) in [6.45, 7) is 0.142. The number of hydrogen-bond acceptors (Lipinski definition) is 3. The number of carbonyl (C=O) groups is 1. The molecule has 2 aromatic rings. The lowest BCUT2D eigenvalue weighted by Gasteiger charge is -2.05. The number of benzene rings is 1. The van der Waals surface area contributed by atoms with Crippen molar-refractivity contribution in [3.63, 3.8) is 0 Å². The van der Waals surface area contributed by atoms with Gasteiger partial charge in [-0.25, -0.2) is 19.0 Å². The van der Waals surface area contributed by atoms with Crippen molar-refractivity contribution in [3.05, 3.63) is 64.1 Å². The van der Waals surface area contributed by atoms with E-state index in [1.165, 1.54) is 29.1 Å². The first kappa shape index (κ1) is 12.0. The predicted octanol–water partition coefficient (Wildman–Crippen LogP) is 1.13. The van der Waals surface area contributed by atoms with E-state index in [1.807, 2.05) is 0 Å². The van der Waals surface area contributed by atoms with Gasteiger partial charge in [0.05, 0.1) is 12.1 Å². The van der Waals surface area contributed by atoms with Gasteiger partial charge in [0, 0.05) is 12.4 Å². The standard InChI is InChI=1S/C12H9FN2O3/c13-10-6-8(2-3-9(10)11(16)17)7-15-5-1-4-14-12(15)18/h1-6H,7H2,(H,16,17). The fraction of sp³-hybridized carbons (Fsp3) is 0.0833. The van der Waals surface area contributed by atoms with E-state index in [1.54, 1.807) is 6.07 Å². The van der Waals surface area contributed by atoms with Gasteiger partial charge in [-0.05, 0) is 23.8 Å². The maximum Gasteiger partial charge on any atom is 0.347 e. The second-order valence-electron chi connectivity index (χ2n) is 3.65. The minimum atomic E-state index is -1.32. The number of carboxylic acids is 1. The highest BCUT2D eigenvalue weighted by molar-refractivity contribution is 5.87. The molecule has 1 aromatic carbocycles. The Balaban J connectivity index is 2.31. The molecule has 0 atom stereocenters. The van der Waals surface area contributed by atoms with Crippen LogP contribution in [0.15, 0.2) is 41.5 Å². The van der Waals surface area contributed by atoms with E-state index >= 15 is 0 Å². The average molecular weight is 248 g/mol. The van der Waals surface area contributed by atoms with Crippen LogP contribution in [-0.2, 0) is 6.54 Å². The van der Waals surface area contributed by atoms with E-state index in [4.69, 9.17) is 5.11 Å². The molecule has 5 nitrogen and oxygen atoms in total. The second kappa shape index (κ2) is 4.79. The van der Waals surface area contributed by atoms with Crippen LogP contribution in [0.25, 0.3) is 0 Å². The zero-order valence-electron chi connectivity index (χ0n) is 9.21. The smallest absolute Gasteiger partial charge is 0.347 e. The Labute approximate surface area is 101 Å². The summed E-state index contributed by atoms with van der Waals surface area (Å²) in [4.78, 5) is 25.6. The normalized spacial score (nSPS) is 10.3. The Morgan fingerprint density at radius 1 is 1.44 bits per heavy atom. The fourth-order valence-corrected chi connectivity index (χ4v) is 1.53. The zero-order chi connectivity index (χ0) is 13.1. The third kappa shape index (κ3) is 2.42. The van der Waals surface area contributed by atoms with Crippen LogP contribution in [0, 0.1) is 5.82 Å². The third-order valence-corrected chi connectivity index (χ3v) is 2.40. The Bertz CT molecular complexity index is 652. The number of nitrogens with zero attached hydrogens (tertiary/aromatic N) is 2. The molecule has 0 unspecified atom stereocenters. The number of halogens is 1. The molecule has 0 fully saturated rings. The second-order valence-corrected chi connectivity index (χ2v) is 3.65. The molecule has 0 aliphatic rings. The summed E-state index contributed by atoms with van der Waals surface area (Å²) in [5, 5.41) is 8.69. The van der Waals surface area contributed by atoms with E-state index in [9.17, 15) is 14.0 Å². The lowest BCUT2D eigenvalue weighted by molar-refractivity contribution is 0.0692. The lowest BCUT2D eigenvalue weighted by atomic mass is 10.1. The van der Waals surface area contributed by atoms with E-state index in [0.29, 0.717) is 5.56 Å². The minimum absolute atomic E-state index is 0.142. The summed E-state index contributed by atoms with van der Waals surface area (Å²) in [5.74, 6) is -2.14. The predicted molar refractivity (Wildman–Crippen MR) is 61.0 cm³/mol. The van der Waals surface area contributed by atoms with E-state index in [2.05, 4.69) is 4.98 Å². The van der Waals surface area contributed by atoms with Crippen molar-refractivity contribution < 1.29 is 14.3 Å². The van der Waals surface area contributed by atoms with Gasteiger partial charge in [0.2, 0.25) is 0 Å². The molecule has 0 spiro atoms. The molecule has 0 aliphatic carbocycles. The van der Waals surface area contributed by atoms with Gasteiger partial charge in [0.1, 0.15) is 5.82 Å². The highest BCUT2D eigenvalue weighted by atomic mass is 19.1. The van der Waals surface area contributed by atoms with Gasteiger partial charge in [0.25, 0.3) is 0 Å². The highest BCUT2D eigenvalue weighted by Crippen LogP contribution is 2.11. The first-order chi connectivity index (χ1) is 8.58. The van der Waals surface area contributed by atoms with Gasteiger partial charge in [-0.1, -0.05) is 6.07 Å². The fourth-order valence-electron chi connectivity index (χ4n) is 1.53. The molecule has 0 saturated heterocycles. The first-order valence-corrected chi connectivity index (χ1v) is 5.11. The quantitative estimate of drug-likeness (QED) is 0.883.